The van der Waals surface area contributed by atoms with Gasteiger partial charge in [0.25, 0.3) is 0 Å². The van der Waals surface area contributed by atoms with E-state index in [2.05, 4.69) is 17.0 Å². The molecular formula is C13H21N3O3S. The van der Waals surface area contributed by atoms with Crippen LogP contribution in [0.3, 0.4) is 0 Å². The first-order valence-electron chi connectivity index (χ1n) is 6.48. The van der Waals surface area contributed by atoms with E-state index in [1.54, 1.807) is 12.1 Å². The summed E-state index contributed by atoms with van der Waals surface area (Å²) in [6.45, 7) is 4.60. The number of carbonyl (C=O) groups is 1. The topological polar surface area (TPSA) is 101 Å². The zero-order valence-electron chi connectivity index (χ0n) is 11.7. The molecule has 0 aliphatic rings. The predicted molar refractivity (Wildman–Crippen MR) is 77.5 cm³/mol. The minimum atomic E-state index is -3.69. The molecule has 0 saturated carbocycles. The van der Waals surface area contributed by atoms with Gasteiger partial charge in [0.05, 0.1) is 11.4 Å². The van der Waals surface area contributed by atoms with Crippen LogP contribution in [0, 0.1) is 0 Å². The lowest BCUT2D eigenvalue weighted by atomic mass is 10.1. The summed E-state index contributed by atoms with van der Waals surface area (Å²) in [6, 6.07) is 6.70. The molecule has 0 saturated heterocycles. The standard InChI is InChI=1S/C13H21N3O3S/c1-3-8-15-10(2)11-4-6-12(7-5-11)20(18,19)16-9-13(14)17/h4-7,10,15-16H,3,8-9H2,1-2H3,(H2,14,17). The third-order valence-corrected chi connectivity index (χ3v) is 4.24. The van der Waals surface area contributed by atoms with Crippen LogP contribution in [0.5, 0.6) is 0 Å². The number of nitrogens with one attached hydrogen (secondary N) is 2. The van der Waals surface area contributed by atoms with Crippen LogP contribution in [0.1, 0.15) is 31.9 Å². The monoisotopic (exact) mass is 299 g/mol. The van der Waals surface area contributed by atoms with E-state index < -0.39 is 22.5 Å². The van der Waals surface area contributed by atoms with E-state index in [1.807, 2.05) is 6.92 Å². The Hall–Kier alpha value is -1.44. The van der Waals surface area contributed by atoms with Crippen molar-refractivity contribution in [2.24, 2.45) is 5.73 Å². The number of carbonyl (C=O) groups excluding carboxylic acids is 1. The van der Waals surface area contributed by atoms with Crippen molar-refractivity contribution in [3.05, 3.63) is 29.8 Å². The number of amides is 1. The Kier molecular flexibility index (Phi) is 6.12. The van der Waals surface area contributed by atoms with E-state index in [0.717, 1.165) is 18.5 Å². The molecule has 0 aliphatic heterocycles. The van der Waals surface area contributed by atoms with Crippen LogP contribution in [0.25, 0.3) is 0 Å². The lowest BCUT2D eigenvalue weighted by molar-refractivity contribution is -0.116. The Balaban J connectivity index is 2.77. The Morgan fingerprint density at radius 3 is 2.40 bits per heavy atom. The van der Waals surface area contributed by atoms with Crippen molar-refractivity contribution < 1.29 is 13.2 Å². The Morgan fingerprint density at radius 2 is 1.90 bits per heavy atom. The van der Waals surface area contributed by atoms with Gasteiger partial charge in [0, 0.05) is 6.04 Å². The molecule has 20 heavy (non-hydrogen) atoms. The third kappa shape index (κ3) is 4.92. The van der Waals surface area contributed by atoms with Crippen LogP contribution >= 0.6 is 0 Å². The maximum atomic E-state index is 11.9. The largest absolute Gasteiger partial charge is 0.369 e. The molecule has 1 aromatic rings. The first kappa shape index (κ1) is 16.6. The molecule has 1 rings (SSSR count). The molecule has 0 aromatic heterocycles. The molecule has 0 bridgehead atoms. The van der Waals surface area contributed by atoms with E-state index in [4.69, 9.17) is 5.73 Å². The molecule has 1 unspecified atom stereocenters. The second-order valence-electron chi connectivity index (χ2n) is 4.54. The number of hydrogen-bond donors (Lipinski definition) is 3. The van der Waals surface area contributed by atoms with Crippen LogP contribution in [-0.2, 0) is 14.8 Å². The van der Waals surface area contributed by atoms with Crippen LogP contribution in [-0.4, -0.2) is 27.4 Å². The van der Waals surface area contributed by atoms with Crippen LogP contribution in [0.4, 0.5) is 0 Å². The summed E-state index contributed by atoms with van der Waals surface area (Å²) in [6.07, 6.45) is 1.04. The summed E-state index contributed by atoms with van der Waals surface area (Å²) >= 11 is 0. The summed E-state index contributed by atoms with van der Waals surface area (Å²) < 4.78 is 25.9. The Bertz CT molecular complexity index is 540. The number of rotatable bonds is 8. The summed E-state index contributed by atoms with van der Waals surface area (Å²) in [5.41, 5.74) is 5.92. The molecule has 0 fully saturated rings. The average Bonchev–Trinajstić information content (AvgIpc) is 2.43. The summed E-state index contributed by atoms with van der Waals surface area (Å²) in [4.78, 5) is 10.7. The zero-order chi connectivity index (χ0) is 15.2. The highest BCUT2D eigenvalue weighted by molar-refractivity contribution is 7.89. The van der Waals surface area contributed by atoms with Gasteiger partial charge in [0.2, 0.25) is 15.9 Å². The van der Waals surface area contributed by atoms with Crippen molar-refractivity contribution in [2.45, 2.75) is 31.2 Å². The van der Waals surface area contributed by atoms with Gasteiger partial charge in [-0.1, -0.05) is 19.1 Å². The van der Waals surface area contributed by atoms with Gasteiger partial charge in [-0.25, -0.2) is 13.1 Å². The van der Waals surface area contributed by atoms with Gasteiger partial charge >= 0.3 is 0 Å². The van der Waals surface area contributed by atoms with E-state index in [0.29, 0.717) is 0 Å². The normalized spacial score (nSPS) is 13.1. The van der Waals surface area contributed by atoms with Crippen LogP contribution < -0.4 is 15.8 Å². The Morgan fingerprint density at radius 1 is 1.30 bits per heavy atom. The van der Waals surface area contributed by atoms with E-state index >= 15 is 0 Å². The number of benzene rings is 1. The Labute approximate surface area is 119 Å². The van der Waals surface area contributed by atoms with Crippen LogP contribution in [0.15, 0.2) is 29.2 Å². The smallest absolute Gasteiger partial charge is 0.241 e. The highest BCUT2D eigenvalue weighted by Crippen LogP contribution is 2.16. The molecular weight excluding hydrogens is 278 g/mol. The second-order valence-corrected chi connectivity index (χ2v) is 6.30. The van der Waals surface area contributed by atoms with Crippen molar-refractivity contribution in [1.29, 1.82) is 0 Å². The van der Waals surface area contributed by atoms with Crippen molar-refractivity contribution in [3.63, 3.8) is 0 Å². The average molecular weight is 299 g/mol. The summed E-state index contributed by atoms with van der Waals surface area (Å²) in [5.74, 6) is -0.720. The highest BCUT2D eigenvalue weighted by Gasteiger charge is 2.15. The third-order valence-electron chi connectivity index (χ3n) is 2.83. The molecule has 112 valence electrons. The maximum absolute atomic E-state index is 11.9. The lowest BCUT2D eigenvalue weighted by Crippen LogP contribution is -2.33. The summed E-state index contributed by atoms with van der Waals surface area (Å²) in [7, 11) is -3.69. The quantitative estimate of drug-likeness (QED) is 0.651. The number of nitrogens with two attached hydrogens (primary N) is 1. The SMILES string of the molecule is CCCNC(C)c1ccc(S(=O)(=O)NCC(N)=O)cc1. The van der Waals surface area contributed by atoms with Gasteiger partial charge in [0.1, 0.15) is 0 Å². The minimum Gasteiger partial charge on any atom is -0.369 e. The highest BCUT2D eigenvalue weighted by atomic mass is 32.2. The molecule has 0 heterocycles. The summed E-state index contributed by atoms with van der Waals surface area (Å²) in [5, 5.41) is 3.32. The van der Waals surface area contributed by atoms with Gasteiger partial charge in [0.15, 0.2) is 0 Å². The molecule has 0 radical (unpaired) electrons. The number of primary amides is 1. The van der Waals surface area contributed by atoms with Gasteiger partial charge in [-0.3, -0.25) is 4.79 Å². The molecule has 0 spiro atoms. The molecule has 7 heteroatoms. The number of hydrogen-bond acceptors (Lipinski definition) is 4. The van der Waals surface area contributed by atoms with Crippen molar-refractivity contribution in [1.82, 2.24) is 10.0 Å². The molecule has 1 amide bonds. The second kappa shape index (κ2) is 7.37. The van der Waals surface area contributed by atoms with Gasteiger partial charge in [-0.05, 0) is 37.6 Å². The van der Waals surface area contributed by atoms with Crippen molar-refractivity contribution in [3.8, 4) is 0 Å². The first-order valence-corrected chi connectivity index (χ1v) is 7.96. The fourth-order valence-electron chi connectivity index (χ4n) is 1.66. The van der Waals surface area contributed by atoms with E-state index in [1.165, 1.54) is 12.1 Å². The molecule has 1 atom stereocenters. The fraction of sp³-hybridized carbons (Fsp3) is 0.462. The fourth-order valence-corrected chi connectivity index (χ4v) is 2.66. The van der Waals surface area contributed by atoms with E-state index in [-0.39, 0.29) is 10.9 Å². The molecule has 1 aromatic carbocycles. The predicted octanol–water partition coefficient (Wildman–Crippen LogP) is 0.511. The zero-order valence-corrected chi connectivity index (χ0v) is 12.5. The lowest BCUT2D eigenvalue weighted by Gasteiger charge is -2.14. The van der Waals surface area contributed by atoms with Gasteiger partial charge < -0.3 is 11.1 Å². The molecule has 0 aliphatic carbocycles. The van der Waals surface area contributed by atoms with Gasteiger partial charge in [-0.2, -0.15) is 0 Å². The van der Waals surface area contributed by atoms with Crippen molar-refractivity contribution in [2.75, 3.05) is 13.1 Å². The van der Waals surface area contributed by atoms with Crippen LogP contribution in [0.2, 0.25) is 0 Å². The maximum Gasteiger partial charge on any atom is 0.241 e. The first-order chi connectivity index (χ1) is 9.36. The molecule has 6 nitrogen and oxygen atoms in total. The van der Waals surface area contributed by atoms with Gasteiger partial charge in [-0.15, -0.1) is 0 Å². The van der Waals surface area contributed by atoms with E-state index in [9.17, 15) is 13.2 Å². The van der Waals surface area contributed by atoms with Crippen molar-refractivity contribution >= 4 is 15.9 Å². The molecule has 4 N–H and O–H groups in total. The minimum absolute atomic E-state index is 0.116. The number of sulfonamides is 1.